The first-order valence-corrected chi connectivity index (χ1v) is 4.94. The van der Waals surface area contributed by atoms with Crippen LogP contribution in [0.2, 0.25) is 6.82 Å². The van der Waals surface area contributed by atoms with Crippen LogP contribution in [0.15, 0.2) is 12.1 Å². The summed E-state index contributed by atoms with van der Waals surface area (Å²) in [6, 6.07) is 2.03. The second-order valence-corrected chi connectivity index (χ2v) is 3.14. The molecule has 91 valence electrons. The molecule has 0 saturated carbocycles. The third kappa shape index (κ3) is 3.21. The molecule has 0 amide bonds. The van der Waals surface area contributed by atoms with Gasteiger partial charge < -0.3 is 4.74 Å². The summed E-state index contributed by atoms with van der Waals surface area (Å²) in [5.74, 6) is -0.855. The number of hydrogen-bond acceptors (Lipinski definition) is 3. The van der Waals surface area contributed by atoms with Crippen LogP contribution in [0.3, 0.4) is 0 Å². The maximum absolute atomic E-state index is 12.4. The summed E-state index contributed by atoms with van der Waals surface area (Å²) in [5, 5.41) is 0. The van der Waals surface area contributed by atoms with Gasteiger partial charge in [0, 0.05) is 0 Å². The normalized spacial score (nSPS) is 11.1. The van der Waals surface area contributed by atoms with Crippen molar-refractivity contribution in [3.8, 4) is 0 Å². The molecule has 0 saturated heterocycles. The molecule has 0 spiro atoms. The van der Waals surface area contributed by atoms with E-state index in [4.69, 9.17) is 0 Å². The quantitative estimate of drug-likeness (QED) is 0.599. The monoisotopic (exact) mass is 244 g/mol. The Morgan fingerprint density at radius 1 is 1.47 bits per heavy atom. The first-order chi connectivity index (χ1) is 7.90. The highest BCUT2D eigenvalue weighted by molar-refractivity contribution is 6.53. The van der Waals surface area contributed by atoms with Crippen molar-refractivity contribution in [1.29, 1.82) is 0 Å². The third-order valence-electron chi connectivity index (χ3n) is 2.00. The van der Waals surface area contributed by atoms with Gasteiger partial charge in [-0.1, -0.05) is 18.4 Å². The van der Waals surface area contributed by atoms with Crippen molar-refractivity contribution in [2.24, 2.45) is 0 Å². The van der Waals surface area contributed by atoms with Crippen molar-refractivity contribution < 1.29 is 22.7 Å². The van der Waals surface area contributed by atoms with Crippen LogP contribution >= 0.6 is 0 Å². The molecule has 1 heterocycles. The van der Waals surface area contributed by atoms with Gasteiger partial charge in [-0.3, -0.25) is 0 Å². The van der Waals surface area contributed by atoms with E-state index in [9.17, 15) is 18.0 Å². The minimum Gasteiger partial charge on any atom is -0.461 e. The summed E-state index contributed by atoms with van der Waals surface area (Å²) in [7, 11) is 1.50. The Balaban J connectivity index is 3.20. The number of aromatic nitrogens is 1. The number of hydrogen-bond donors (Lipinski definition) is 0. The topological polar surface area (TPSA) is 39.2 Å². The fourth-order valence-corrected chi connectivity index (χ4v) is 1.22. The smallest absolute Gasteiger partial charge is 0.433 e. The van der Waals surface area contributed by atoms with Gasteiger partial charge in [-0.15, -0.1) is 0 Å². The summed E-state index contributed by atoms with van der Waals surface area (Å²) in [4.78, 5) is 14.7. The molecule has 7 heteroatoms. The van der Waals surface area contributed by atoms with E-state index in [0.29, 0.717) is 5.46 Å². The van der Waals surface area contributed by atoms with E-state index in [-0.39, 0.29) is 12.3 Å². The largest absolute Gasteiger partial charge is 0.461 e. The SMILES string of the molecule is C[B]c1ccc(C(F)(F)F)nc1C(=O)OCC. The lowest BCUT2D eigenvalue weighted by Crippen LogP contribution is -2.26. The highest BCUT2D eigenvalue weighted by atomic mass is 19.4. The van der Waals surface area contributed by atoms with Crippen molar-refractivity contribution in [3.63, 3.8) is 0 Å². The number of ether oxygens (including phenoxy) is 1. The Morgan fingerprint density at radius 3 is 2.59 bits per heavy atom. The summed E-state index contributed by atoms with van der Waals surface area (Å²) in [5.41, 5.74) is -1.10. The van der Waals surface area contributed by atoms with Gasteiger partial charge in [0.05, 0.1) is 6.61 Å². The van der Waals surface area contributed by atoms with Crippen molar-refractivity contribution in [2.45, 2.75) is 19.9 Å². The van der Waals surface area contributed by atoms with Crippen molar-refractivity contribution >= 4 is 18.7 Å². The number of nitrogens with zero attached hydrogens (tertiary/aromatic N) is 1. The van der Waals surface area contributed by atoms with Crippen molar-refractivity contribution in [1.82, 2.24) is 4.98 Å². The molecule has 3 nitrogen and oxygen atoms in total. The van der Waals surface area contributed by atoms with E-state index in [1.54, 1.807) is 13.7 Å². The average Bonchev–Trinajstić information content (AvgIpc) is 2.27. The molecule has 0 aliphatic rings. The average molecular weight is 244 g/mol. The lowest BCUT2D eigenvalue weighted by molar-refractivity contribution is -0.141. The molecule has 0 atom stereocenters. The van der Waals surface area contributed by atoms with Crippen LogP contribution in [0.25, 0.3) is 0 Å². The van der Waals surface area contributed by atoms with E-state index < -0.39 is 17.8 Å². The number of alkyl halides is 3. The van der Waals surface area contributed by atoms with Gasteiger partial charge in [0.2, 0.25) is 0 Å². The second kappa shape index (κ2) is 5.20. The van der Waals surface area contributed by atoms with Crippen LogP contribution in [-0.2, 0) is 10.9 Å². The van der Waals surface area contributed by atoms with Crippen LogP contribution in [0, 0.1) is 0 Å². The Hall–Kier alpha value is -1.53. The zero-order valence-corrected chi connectivity index (χ0v) is 9.34. The summed E-state index contributed by atoms with van der Waals surface area (Å²) >= 11 is 0. The molecule has 1 aromatic rings. The third-order valence-corrected chi connectivity index (χ3v) is 2.00. The molecule has 1 aromatic heterocycles. The van der Waals surface area contributed by atoms with E-state index in [0.717, 1.165) is 6.07 Å². The molecular formula is C10H10BF3NO2. The molecule has 0 N–H and O–H groups in total. The maximum atomic E-state index is 12.4. The van der Waals surface area contributed by atoms with Gasteiger partial charge >= 0.3 is 12.1 Å². The molecule has 0 aromatic carbocycles. The Kier molecular flexibility index (Phi) is 4.14. The fourth-order valence-electron chi connectivity index (χ4n) is 1.22. The van der Waals surface area contributed by atoms with Gasteiger partial charge in [0.1, 0.15) is 11.4 Å². The van der Waals surface area contributed by atoms with Crippen molar-refractivity contribution in [3.05, 3.63) is 23.5 Å². The first-order valence-electron chi connectivity index (χ1n) is 4.94. The van der Waals surface area contributed by atoms with E-state index in [2.05, 4.69) is 9.72 Å². The number of carbonyl (C=O) groups excluding carboxylic acids is 1. The van der Waals surface area contributed by atoms with Crippen LogP contribution in [0.4, 0.5) is 13.2 Å². The predicted octanol–water partition coefficient (Wildman–Crippen LogP) is 1.65. The van der Waals surface area contributed by atoms with Crippen LogP contribution in [0.5, 0.6) is 0 Å². The van der Waals surface area contributed by atoms with Crippen LogP contribution in [0.1, 0.15) is 23.1 Å². The van der Waals surface area contributed by atoms with Crippen molar-refractivity contribution in [2.75, 3.05) is 6.61 Å². The highest BCUT2D eigenvalue weighted by Crippen LogP contribution is 2.27. The lowest BCUT2D eigenvalue weighted by Gasteiger charge is -2.10. The lowest BCUT2D eigenvalue weighted by atomic mass is 9.72. The molecule has 0 fully saturated rings. The molecule has 1 radical (unpaired) electrons. The maximum Gasteiger partial charge on any atom is 0.433 e. The minimum absolute atomic E-state index is 0.0832. The minimum atomic E-state index is -4.58. The Labute approximate surface area is 97.2 Å². The number of rotatable bonds is 3. The first kappa shape index (κ1) is 13.5. The van der Waals surface area contributed by atoms with Gasteiger partial charge in [-0.2, -0.15) is 13.2 Å². The van der Waals surface area contributed by atoms with Gasteiger partial charge in [-0.05, 0) is 13.0 Å². The Bertz CT molecular complexity index is 421. The molecule has 0 bridgehead atoms. The van der Waals surface area contributed by atoms with Gasteiger partial charge in [-0.25, -0.2) is 9.78 Å². The van der Waals surface area contributed by atoms with E-state index in [1.807, 2.05) is 0 Å². The molecule has 17 heavy (non-hydrogen) atoms. The molecular weight excluding hydrogens is 234 g/mol. The number of halogens is 3. The van der Waals surface area contributed by atoms with Gasteiger partial charge in [0.25, 0.3) is 0 Å². The number of pyridine rings is 1. The zero-order chi connectivity index (χ0) is 13.1. The second-order valence-electron chi connectivity index (χ2n) is 3.14. The van der Waals surface area contributed by atoms with E-state index in [1.165, 1.54) is 13.3 Å². The van der Waals surface area contributed by atoms with E-state index >= 15 is 0 Å². The summed E-state index contributed by atoms with van der Waals surface area (Å²) in [6.07, 6.45) is -4.58. The van der Waals surface area contributed by atoms with Crippen LogP contribution in [-0.4, -0.2) is 24.8 Å². The predicted molar refractivity (Wildman–Crippen MR) is 56.4 cm³/mol. The molecule has 0 aliphatic heterocycles. The standard InChI is InChI=1S/C10H10BF3NO2/c1-3-17-9(16)8-6(11-2)4-5-7(15-8)10(12,13)14/h4-5H,3H2,1-2H3. The fraction of sp³-hybridized carbons (Fsp3) is 0.400. The Morgan fingerprint density at radius 2 is 2.12 bits per heavy atom. The zero-order valence-electron chi connectivity index (χ0n) is 9.34. The summed E-state index contributed by atoms with van der Waals surface area (Å²) in [6.45, 7) is 3.26. The highest BCUT2D eigenvalue weighted by Gasteiger charge is 2.33. The molecule has 1 rings (SSSR count). The van der Waals surface area contributed by atoms with Crippen LogP contribution < -0.4 is 5.46 Å². The molecule has 0 aliphatic carbocycles. The van der Waals surface area contributed by atoms with Gasteiger partial charge in [0.15, 0.2) is 7.28 Å². The number of carbonyl (C=O) groups is 1. The number of esters is 1. The summed E-state index contributed by atoms with van der Waals surface area (Å²) < 4.78 is 41.9. The molecule has 0 unspecified atom stereocenters.